The van der Waals surface area contributed by atoms with E-state index in [1.54, 1.807) is 0 Å². The molecule has 0 heterocycles. The first-order valence-electron chi connectivity index (χ1n) is 13.7. The molecule has 2 atom stereocenters. The van der Waals surface area contributed by atoms with Crippen LogP contribution in [0.1, 0.15) is 33.1 Å². The van der Waals surface area contributed by atoms with Crippen LogP contribution in [0.4, 0.5) is 0 Å². The molecular weight excluding hydrogens is 569 g/mol. The van der Waals surface area contributed by atoms with Gasteiger partial charge >= 0.3 is 0 Å². The third kappa shape index (κ3) is 6.33. The normalized spacial score (nSPS) is 21.0. The zero-order valence-corrected chi connectivity index (χ0v) is 25.7. The number of hydrogen-bond acceptors (Lipinski definition) is 5. The van der Waals surface area contributed by atoms with Crippen LogP contribution in [0, 0.1) is 16.7 Å². The number of rotatable bonds is 7. The van der Waals surface area contributed by atoms with Crippen molar-refractivity contribution in [3.8, 4) is 0 Å². The molecule has 0 spiro atoms. The van der Waals surface area contributed by atoms with Crippen molar-refractivity contribution in [3.05, 3.63) is 115 Å². The van der Waals surface area contributed by atoms with Gasteiger partial charge in [-0.1, -0.05) is 92.3 Å². The van der Waals surface area contributed by atoms with Gasteiger partial charge in [-0.3, -0.25) is 4.79 Å². The van der Waals surface area contributed by atoms with Crippen molar-refractivity contribution < 1.29 is 17.8 Å². The Labute approximate surface area is 250 Å². The minimum absolute atomic E-state index is 0.0248. The fourth-order valence-corrected chi connectivity index (χ4v) is 10.9. The summed E-state index contributed by atoms with van der Waals surface area (Å²) in [5, 5.41) is 0. The molecule has 2 aliphatic rings. The molecule has 0 radical (unpaired) electrons. The summed E-state index contributed by atoms with van der Waals surface area (Å²) in [4.78, 5) is 18.5. The Balaban J connectivity index is 0.000000191. The van der Waals surface area contributed by atoms with Crippen LogP contribution in [0.5, 0.6) is 0 Å². The zero-order chi connectivity index (χ0) is 29.1. The molecule has 2 aliphatic carbocycles. The number of hydrogen-bond donors (Lipinski definition) is 0. The molecule has 4 aromatic rings. The largest absolute Gasteiger partial charge is 0.748 e. The minimum Gasteiger partial charge on any atom is -0.748 e. The van der Waals surface area contributed by atoms with Crippen molar-refractivity contribution in [1.29, 1.82) is 0 Å². The second kappa shape index (κ2) is 12.2. The molecule has 0 N–H and O–H groups in total. The van der Waals surface area contributed by atoms with Crippen molar-refractivity contribution in [2.24, 2.45) is 16.7 Å². The van der Waals surface area contributed by atoms with Gasteiger partial charge in [0.25, 0.3) is 0 Å². The Morgan fingerprint density at radius 3 is 1.80 bits per heavy atom. The molecule has 6 rings (SSSR count). The monoisotopic (exact) mass is 602 g/mol. The van der Waals surface area contributed by atoms with Crippen molar-refractivity contribution in [2.75, 3.05) is 5.75 Å². The molecule has 2 bridgehead atoms. The first kappa shape index (κ1) is 29.6. The molecule has 212 valence electrons. The van der Waals surface area contributed by atoms with Crippen LogP contribution in [0.2, 0.25) is 0 Å². The molecule has 4 aromatic carbocycles. The third-order valence-corrected chi connectivity index (χ3v) is 12.9. The van der Waals surface area contributed by atoms with Crippen LogP contribution < -0.4 is 0 Å². The summed E-state index contributed by atoms with van der Waals surface area (Å²) >= 11 is 1.84. The van der Waals surface area contributed by atoms with Crippen LogP contribution in [0.3, 0.4) is 0 Å². The highest BCUT2D eigenvalue weighted by Gasteiger charge is 2.64. The molecule has 2 unspecified atom stereocenters. The second-order valence-corrected chi connectivity index (χ2v) is 15.7. The number of carbonyl (C=O) groups is 1. The second-order valence-electron chi connectivity index (χ2n) is 11.2. The number of Topliss-reactive ketones (excluding diaryl/α,β-unsaturated/α-hetero) is 1. The molecule has 0 saturated heterocycles. The average Bonchev–Trinajstić information content (AvgIpc) is 3.30. The maximum atomic E-state index is 11.8. The van der Waals surface area contributed by atoms with Gasteiger partial charge in [0.2, 0.25) is 0 Å². The minimum atomic E-state index is -4.33. The van der Waals surface area contributed by atoms with E-state index >= 15 is 0 Å². The highest BCUT2D eigenvalue weighted by atomic mass is 32.2. The topological polar surface area (TPSA) is 74.3 Å². The lowest BCUT2D eigenvalue weighted by atomic mass is 9.70. The van der Waals surface area contributed by atoms with Crippen LogP contribution in [-0.4, -0.2) is 24.5 Å². The van der Waals surface area contributed by atoms with E-state index in [1.807, 2.05) is 25.6 Å². The van der Waals surface area contributed by atoms with E-state index in [4.69, 9.17) is 0 Å². The van der Waals surface area contributed by atoms with Crippen LogP contribution in [0.25, 0.3) is 0 Å². The van der Waals surface area contributed by atoms with Gasteiger partial charge in [0.1, 0.15) is 16.7 Å². The van der Waals surface area contributed by atoms with Gasteiger partial charge in [0, 0.05) is 16.7 Å². The number of fused-ring (bicyclic) bond motifs is 2. The summed E-state index contributed by atoms with van der Waals surface area (Å²) in [5.41, 5.74) is -1.22. The average molecular weight is 603 g/mol. The van der Waals surface area contributed by atoms with Crippen LogP contribution in [-0.2, 0) is 25.8 Å². The standard InChI is InChI=1S/C24H19S2.C10H16O4S/c1-4-12-20(13-5-1)25-23-18-10-11-19-24(23)26(21-14-6-2-7-15-21)22-16-8-3-9-17-22;1-9(2)7-3-4-10(9,8(11)5-7)6-15(12,13)14/h1-19H;7H,3-6H2,1-2H3,(H,12,13,14)/q+1;/p-1. The van der Waals surface area contributed by atoms with E-state index in [0.29, 0.717) is 12.8 Å². The van der Waals surface area contributed by atoms with E-state index in [1.165, 1.54) is 24.5 Å². The van der Waals surface area contributed by atoms with Crippen LogP contribution in [0.15, 0.2) is 140 Å². The highest BCUT2D eigenvalue weighted by molar-refractivity contribution is 8.01. The maximum Gasteiger partial charge on any atom is 0.180 e. The van der Waals surface area contributed by atoms with E-state index in [0.717, 1.165) is 6.42 Å². The summed E-state index contributed by atoms with van der Waals surface area (Å²) < 4.78 is 32.7. The lowest BCUT2D eigenvalue weighted by Gasteiger charge is -2.37. The summed E-state index contributed by atoms with van der Waals surface area (Å²) in [5.74, 6) is -0.280. The summed E-state index contributed by atoms with van der Waals surface area (Å²) in [6.45, 7) is 3.83. The molecule has 2 saturated carbocycles. The van der Waals surface area contributed by atoms with E-state index in [2.05, 4.69) is 115 Å². The lowest BCUT2D eigenvalue weighted by molar-refractivity contribution is -0.128. The Hall–Kier alpha value is -2.84. The number of benzene rings is 4. The van der Waals surface area contributed by atoms with Crippen molar-refractivity contribution in [3.63, 3.8) is 0 Å². The Bertz CT molecular complexity index is 1550. The predicted molar refractivity (Wildman–Crippen MR) is 165 cm³/mol. The van der Waals surface area contributed by atoms with Crippen molar-refractivity contribution >= 4 is 38.6 Å². The summed E-state index contributed by atoms with van der Waals surface area (Å²) in [6.07, 6.45) is 1.88. The number of carbonyl (C=O) groups excluding carboxylic acids is 1. The van der Waals surface area contributed by atoms with Gasteiger partial charge in [0.05, 0.1) is 20.8 Å². The quantitative estimate of drug-likeness (QED) is 0.159. The molecule has 4 nitrogen and oxygen atoms in total. The first-order valence-corrected chi connectivity index (χ1v) is 17.4. The smallest absolute Gasteiger partial charge is 0.180 e. The predicted octanol–water partition coefficient (Wildman–Crippen LogP) is 7.86. The van der Waals surface area contributed by atoms with Crippen molar-refractivity contribution in [1.82, 2.24) is 0 Å². The van der Waals surface area contributed by atoms with Gasteiger partial charge in [-0.2, -0.15) is 0 Å². The third-order valence-electron chi connectivity index (χ3n) is 8.56. The molecule has 0 aromatic heterocycles. The molecule has 2 fully saturated rings. The van der Waals surface area contributed by atoms with Gasteiger partial charge in [-0.25, -0.2) is 8.42 Å². The Morgan fingerprint density at radius 2 is 1.32 bits per heavy atom. The molecular formula is C34H34O4S3. The van der Waals surface area contributed by atoms with Gasteiger partial charge in [0.15, 0.2) is 14.7 Å². The maximum absolute atomic E-state index is 11.8. The van der Waals surface area contributed by atoms with Crippen LogP contribution >= 0.6 is 11.8 Å². The Kier molecular flexibility index (Phi) is 8.81. The fraction of sp³-hybridized carbons (Fsp3) is 0.265. The van der Waals surface area contributed by atoms with E-state index in [-0.39, 0.29) is 28.0 Å². The molecule has 0 amide bonds. The molecule has 7 heteroatoms. The zero-order valence-electron chi connectivity index (χ0n) is 23.2. The van der Waals surface area contributed by atoms with E-state index in [9.17, 15) is 17.8 Å². The number of ketones is 1. The van der Waals surface area contributed by atoms with Gasteiger partial charge < -0.3 is 4.55 Å². The van der Waals surface area contributed by atoms with E-state index < -0.39 is 21.3 Å². The SMILES string of the molecule is CC1(C)C2CCC1(CS(=O)(=O)[O-])C(=O)C2.c1ccc(Sc2ccccc2[S+](c2ccccc2)c2ccccc2)cc1. The highest BCUT2D eigenvalue weighted by Crippen LogP contribution is 2.64. The first-order chi connectivity index (χ1) is 19.6. The Morgan fingerprint density at radius 1 is 0.805 bits per heavy atom. The lowest BCUT2D eigenvalue weighted by Crippen LogP contribution is -2.42. The van der Waals surface area contributed by atoms with Gasteiger partial charge in [-0.15, -0.1) is 0 Å². The van der Waals surface area contributed by atoms with Gasteiger partial charge in [-0.05, 0) is 72.7 Å². The fourth-order valence-electron chi connectivity index (χ4n) is 6.23. The molecule has 41 heavy (non-hydrogen) atoms. The summed E-state index contributed by atoms with van der Waals surface area (Å²) in [7, 11) is -4.45. The van der Waals surface area contributed by atoms with Crippen molar-refractivity contribution in [2.45, 2.75) is 57.6 Å². The summed E-state index contributed by atoms with van der Waals surface area (Å²) in [6, 6.07) is 41.0. The molecule has 0 aliphatic heterocycles.